The minimum absolute atomic E-state index is 0.0864. The van der Waals surface area contributed by atoms with Crippen LogP contribution in [0.4, 0.5) is 0 Å². The standard InChI is InChI=1S/C44H53ClN8O7S/c1-29-8-9-34(42-30(2)50-60-31(42)3)26-40(29)61(55,56)52-20-18-51(19-21-52)17-7-23-59-25-24-58-22-6-16-46-41(54)28-38-44-49-48-32(4)53(44)39-15-14-36(57-5)27-37(39)43(47-38)33-10-12-35(45)13-11-33/h8-15,26-27,38H,6-7,16-25,28H2,1-5H3,(H,46,54)/t38-/m0/s1. The van der Waals surface area contributed by atoms with Gasteiger partial charge in [-0.2, -0.15) is 4.31 Å². The lowest BCUT2D eigenvalue weighted by Gasteiger charge is -2.34. The number of aliphatic imine (C=N–C) groups is 1. The number of hydrogen-bond donors (Lipinski definition) is 1. The molecule has 4 heterocycles. The highest BCUT2D eigenvalue weighted by molar-refractivity contribution is 7.89. The first-order valence-electron chi connectivity index (χ1n) is 20.6. The summed E-state index contributed by atoms with van der Waals surface area (Å²) in [6.07, 6.45) is 1.56. The number of piperazine rings is 1. The Morgan fingerprint density at radius 3 is 2.31 bits per heavy atom. The number of methoxy groups -OCH3 is 1. The molecule has 0 saturated carbocycles. The van der Waals surface area contributed by atoms with Crippen LogP contribution in [0.25, 0.3) is 16.8 Å². The van der Waals surface area contributed by atoms with Crippen LogP contribution in [-0.4, -0.2) is 122 Å². The third kappa shape index (κ3) is 10.2. The topological polar surface area (TPSA) is 167 Å². The highest BCUT2D eigenvalue weighted by Gasteiger charge is 2.32. The van der Waals surface area contributed by atoms with E-state index in [1.54, 1.807) is 17.5 Å². The first kappa shape index (κ1) is 44.1. The summed E-state index contributed by atoms with van der Waals surface area (Å²) in [5.41, 5.74) is 6.31. The normalized spacial score (nSPS) is 15.8. The number of carbonyl (C=O) groups is 1. The van der Waals surface area contributed by atoms with Crippen LogP contribution in [-0.2, 0) is 24.3 Å². The second-order valence-corrected chi connectivity index (χ2v) is 17.6. The van der Waals surface area contributed by atoms with Crippen molar-refractivity contribution in [3.05, 3.63) is 105 Å². The Morgan fingerprint density at radius 2 is 1.61 bits per heavy atom. The summed E-state index contributed by atoms with van der Waals surface area (Å²) in [5, 5.41) is 16.5. The van der Waals surface area contributed by atoms with Gasteiger partial charge in [0, 0.05) is 74.2 Å². The molecule has 17 heteroatoms. The van der Waals surface area contributed by atoms with E-state index < -0.39 is 16.1 Å². The van der Waals surface area contributed by atoms with Crippen molar-refractivity contribution in [2.24, 2.45) is 4.99 Å². The average molecular weight is 873 g/mol. The van der Waals surface area contributed by atoms with Gasteiger partial charge < -0.3 is 29.0 Å². The van der Waals surface area contributed by atoms with Gasteiger partial charge in [-0.25, -0.2) is 8.42 Å². The number of hydrogen-bond acceptors (Lipinski definition) is 12. The van der Waals surface area contributed by atoms with Gasteiger partial charge >= 0.3 is 0 Å². The fraction of sp³-hybridized carbons (Fsp3) is 0.432. The van der Waals surface area contributed by atoms with E-state index in [4.69, 9.17) is 35.3 Å². The molecular weight excluding hydrogens is 820 g/mol. The van der Waals surface area contributed by atoms with Crippen LogP contribution >= 0.6 is 11.6 Å². The number of amides is 1. The Hall–Kier alpha value is -4.97. The number of aromatic nitrogens is 4. The molecule has 15 nitrogen and oxygen atoms in total. The van der Waals surface area contributed by atoms with Crippen LogP contribution in [0, 0.1) is 27.7 Å². The minimum Gasteiger partial charge on any atom is -0.497 e. The van der Waals surface area contributed by atoms with Crippen LogP contribution < -0.4 is 10.1 Å². The number of carbonyl (C=O) groups excluding carboxylic acids is 1. The Labute approximate surface area is 362 Å². The summed E-state index contributed by atoms with van der Waals surface area (Å²) < 4.78 is 53.4. The quantitative estimate of drug-likeness (QED) is 0.102. The van der Waals surface area contributed by atoms with E-state index in [1.807, 2.05) is 86.9 Å². The van der Waals surface area contributed by atoms with Crippen LogP contribution in [0.1, 0.15) is 65.1 Å². The van der Waals surface area contributed by atoms with Gasteiger partial charge in [-0.3, -0.25) is 14.4 Å². The number of nitrogens with zero attached hydrogens (tertiary/aromatic N) is 7. The SMILES string of the molecule is COc1ccc2c(c1)C(c1ccc(Cl)cc1)=N[C@@H](CC(=O)NCCCOCCOCCCN1CCN(S(=O)(=O)c3cc(-c4c(C)noc4C)ccc3C)CC1)c1nnc(C)n1-2. The molecule has 0 spiro atoms. The number of nitrogens with one attached hydrogen (secondary N) is 1. The largest absolute Gasteiger partial charge is 0.497 e. The number of fused-ring (bicyclic) bond motifs is 3. The summed E-state index contributed by atoms with van der Waals surface area (Å²) in [4.78, 5) is 21.0. The summed E-state index contributed by atoms with van der Waals surface area (Å²) in [6, 6.07) is 18.2. The Kier molecular flexibility index (Phi) is 14.3. The van der Waals surface area contributed by atoms with Crippen LogP contribution in [0.2, 0.25) is 5.02 Å². The smallest absolute Gasteiger partial charge is 0.243 e. The maximum atomic E-state index is 13.7. The molecule has 2 aromatic heterocycles. The molecule has 1 saturated heterocycles. The Bertz CT molecular complexity index is 2440. The predicted molar refractivity (Wildman–Crippen MR) is 232 cm³/mol. The number of rotatable bonds is 18. The molecule has 5 aromatic rings. The molecule has 0 radical (unpaired) electrons. The number of sulfonamides is 1. The lowest BCUT2D eigenvalue weighted by Crippen LogP contribution is -2.48. The van der Waals surface area contributed by atoms with Crippen LogP contribution in [0.15, 0.2) is 75.1 Å². The average Bonchev–Trinajstić information content (AvgIpc) is 3.77. The molecule has 1 fully saturated rings. The fourth-order valence-corrected chi connectivity index (χ4v) is 9.60. The van der Waals surface area contributed by atoms with E-state index in [9.17, 15) is 13.2 Å². The highest BCUT2D eigenvalue weighted by atomic mass is 35.5. The van der Waals surface area contributed by atoms with Gasteiger partial charge in [-0.05, 0) is 88.1 Å². The van der Waals surface area contributed by atoms with Gasteiger partial charge in [0.25, 0.3) is 0 Å². The van der Waals surface area contributed by atoms with E-state index in [0.717, 1.165) is 46.6 Å². The summed E-state index contributed by atoms with van der Waals surface area (Å²) in [7, 11) is -2.04. The van der Waals surface area contributed by atoms with Crippen molar-refractivity contribution in [2.75, 3.05) is 72.8 Å². The van der Waals surface area contributed by atoms with E-state index >= 15 is 0 Å². The van der Waals surface area contributed by atoms with E-state index in [0.29, 0.717) is 110 Å². The molecule has 2 aliphatic heterocycles. The molecule has 1 N–H and O–H groups in total. The molecule has 2 aliphatic rings. The number of ether oxygens (including phenoxy) is 3. The maximum absolute atomic E-state index is 13.7. The first-order chi connectivity index (χ1) is 29.4. The zero-order valence-corrected chi connectivity index (χ0v) is 36.9. The Morgan fingerprint density at radius 1 is 0.885 bits per heavy atom. The van der Waals surface area contributed by atoms with Crippen molar-refractivity contribution in [3.8, 4) is 22.6 Å². The zero-order chi connectivity index (χ0) is 43.1. The molecule has 1 amide bonds. The molecule has 0 unspecified atom stereocenters. The molecule has 1 atom stereocenters. The van der Waals surface area contributed by atoms with Gasteiger partial charge in [0.15, 0.2) is 5.82 Å². The maximum Gasteiger partial charge on any atom is 0.243 e. The molecule has 61 heavy (non-hydrogen) atoms. The highest BCUT2D eigenvalue weighted by Crippen LogP contribution is 2.35. The van der Waals surface area contributed by atoms with E-state index in [-0.39, 0.29) is 12.3 Å². The lowest BCUT2D eigenvalue weighted by molar-refractivity contribution is -0.121. The van der Waals surface area contributed by atoms with Crippen molar-refractivity contribution >= 4 is 33.2 Å². The van der Waals surface area contributed by atoms with Gasteiger partial charge in [0.05, 0.1) is 48.7 Å². The summed E-state index contributed by atoms with van der Waals surface area (Å²) in [6.45, 7) is 12.8. The van der Waals surface area contributed by atoms with E-state index in [2.05, 4.69) is 25.6 Å². The van der Waals surface area contributed by atoms with E-state index in [1.165, 1.54) is 0 Å². The summed E-state index contributed by atoms with van der Waals surface area (Å²) in [5.74, 6) is 2.47. The molecular formula is C44H53ClN8O7S. The second kappa shape index (κ2) is 19.8. The fourth-order valence-electron chi connectivity index (χ4n) is 7.80. The number of halogens is 1. The minimum atomic E-state index is -3.66. The third-order valence-corrected chi connectivity index (χ3v) is 13.3. The van der Waals surface area contributed by atoms with Crippen molar-refractivity contribution in [3.63, 3.8) is 0 Å². The van der Waals surface area contributed by atoms with Crippen molar-refractivity contribution < 1.29 is 31.9 Å². The zero-order valence-electron chi connectivity index (χ0n) is 35.3. The molecule has 7 rings (SSSR count). The number of benzene rings is 3. The molecule has 324 valence electrons. The lowest BCUT2D eigenvalue weighted by atomic mass is 10.00. The van der Waals surface area contributed by atoms with Crippen molar-refractivity contribution in [1.29, 1.82) is 0 Å². The van der Waals surface area contributed by atoms with Crippen molar-refractivity contribution in [2.45, 2.75) is 57.9 Å². The van der Waals surface area contributed by atoms with Gasteiger partial charge in [-0.15, -0.1) is 10.2 Å². The number of aryl methyl sites for hydroxylation is 4. The first-order valence-corrected chi connectivity index (χ1v) is 22.4. The molecule has 0 bridgehead atoms. The monoisotopic (exact) mass is 872 g/mol. The van der Waals surface area contributed by atoms with Crippen LogP contribution in [0.5, 0.6) is 5.75 Å². The second-order valence-electron chi connectivity index (χ2n) is 15.2. The summed E-state index contributed by atoms with van der Waals surface area (Å²) >= 11 is 6.22. The molecule has 3 aromatic carbocycles. The van der Waals surface area contributed by atoms with Gasteiger partial charge in [0.1, 0.15) is 23.4 Å². The third-order valence-electron chi connectivity index (χ3n) is 11.0. The van der Waals surface area contributed by atoms with Gasteiger partial charge in [0.2, 0.25) is 15.9 Å². The molecule has 0 aliphatic carbocycles. The Balaban J connectivity index is 0.799. The van der Waals surface area contributed by atoms with Crippen molar-refractivity contribution in [1.82, 2.24) is 34.4 Å². The predicted octanol–water partition coefficient (Wildman–Crippen LogP) is 6.04. The van der Waals surface area contributed by atoms with Crippen LogP contribution in [0.3, 0.4) is 0 Å². The van der Waals surface area contributed by atoms with Gasteiger partial charge in [-0.1, -0.05) is 41.0 Å².